The van der Waals surface area contributed by atoms with Crippen LogP contribution in [0.4, 0.5) is 0 Å². The van der Waals surface area contributed by atoms with Gasteiger partial charge in [0, 0.05) is 17.0 Å². The lowest BCUT2D eigenvalue weighted by atomic mass is 10.1. The third-order valence-electron chi connectivity index (χ3n) is 2.98. The summed E-state index contributed by atoms with van der Waals surface area (Å²) in [6.45, 7) is 3.77. The summed E-state index contributed by atoms with van der Waals surface area (Å²) >= 11 is 0. The van der Waals surface area contributed by atoms with Gasteiger partial charge in [-0.3, -0.25) is 4.98 Å². The van der Waals surface area contributed by atoms with Gasteiger partial charge in [0.05, 0.1) is 5.56 Å². The quantitative estimate of drug-likeness (QED) is 0.702. The molecule has 0 spiro atoms. The van der Waals surface area contributed by atoms with E-state index in [-0.39, 0.29) is 23.0 Å². The number of benzene rings is 1. The summed E-state index contributed by atoms with van der Waals surface area (Å²) in [6, 6.07) is 7.82. The number of nitrogens with zero attached hydrogens (tertiary/aromatic N) is 3. The van der Waals surface area contributed by atoms with E-state index in [1.165, 1.54) is 18.2 Å². The van der Waals surface area contributed by atoms with Crippen molar-refractivity contribution in [3.63, 3.8) is 0 Å². The van der Waals surface area contributed by atoms with Gasteiger partial charge in [0.15, 0.2) is 0 Å². The van der Waals surface area contributed by atoms with Gasteiger partial charge >= 0.3 is 0 Å². The van der Waals surface area contributed by atoms with Gasteiger partial charge in [-0.25, -0.2) is 0 Å². The maximum atomic E-state index is 9.81. The molecule has 0 amide bonds. The summed E-state index contributed by atoms with van der Waals surface area (Å²) in [5.41, 5.74) is 2.79. The predicted octanol–water partition coefficient (Wildman–Crippen LogP) is 2.83. The van der Waals surface area contributed by atoms with E-state index < -0.39 is 0 Å². The van der Waals surface area contributed by atoms with Crippen LogP contribution in [0.25, 0.3) is 22.8 Å². The summed E-state index contributed by atoms with van der Waals surface area (Å²) < 4.78 is 5.17. The fourth-order valence-corrected chi connectivity index (χ4v) is 2.11. The first kappa shape index (κ1) is 13.1. The van der Waals surface area contributed by atoms with Crippen LogP contribution < -0.4 is 0 Å². The zero-order chi connectivity index (χ0) is 15.0. The van der Waals surface area contributed by atoms with Gasteiger partial charge in [-0.2, -0.15) is 4.98 Å². The lowest BCUT2D eigenvalue weighted by Gasteiger charge is -2.00. The fourth-order valence-electron chi connectivity index (χ4n) is 2.11. The molecule has 3 aromatic rings. The van der Waals surface area contributed by atoms with Crippen LogP contribution in [0, 0.1) is 13.8 Å². The van der Waals surface area contributed by atoms with E-state index in [4.69, 9.17) is 4.52 Å². The van der Waals surface area contributed by atoms with Crippen molar-refractivity contribution in [3.05, 3.63) is 41.7 Å². The van der Waals surface area contributed by atoms with Crippen molar-refractivity contribution in [2.45, 2.75) is 13.8 Å². The first-order valence-corrected chi connectivity index (χ1v) is 6.34. The van der Waals surface area contributed by atoms with Crippen molar-refractivity contribution >= 4 is 0 Å². The van der Waals surface area contributed by atoms with Crippen LogP contribution in [0.15, 0.2) is 34.9 Å². The van der Waals surface area contributed by atoms with Crippen LogP contribution in [0.2, 0.25) is 0 Å². The average Bonchev–Trinajstić information content (AvgIpc) is 2.90. The molecule has 106 valence electrons. The second-order valence-electron chi connectivity index (χ2n) is 4.76. The molecule has 2 aromatic heterocycles. The van der Waals surface area contributed by atoms with Gasteiger partial charge in [0.25, 0.3) is 5.89 Å². The van der Waals surface area contributed by atoms with Crippen LogP contribution in [-0.2, 0) is 0 Å². The Morgan fingerprint density at radius 3 is 2.38 bits per heavy atom. The molecule has 3 rings (SSSR count). The standard InChI is InChI=1S/C15H13N3O3/c1-8-5-10(6-9(2)16-8)14-17-15(21-18-14)12-7-11(19)3-4-13(12)20/h3-7,19-20H,1-2H3. The normalized spacial score (nSPS) is 10.8. The van der Waals surface area contributed by atoms with Gasteiger partial charge < -0.3 is 14.7 Å². The molecule has 0 aliphatic heterocycles. The van der Waals surface area contributed by atoms with Crippen LogP contribution in [-0.4, -0.2) is 25.3 Å². The Kier molecular flexibility index (Phi) is 3.06. The van der Waals surface area contributed by atoms with Crippen molar-refractivity contribution < 1.29 is 14.7 Å². The molecule has 0 unspecified atom stereocenters. The van der Waals surface area contributed by atoms with E-state index in [1.807, 2.05) is 26.0 Å². The Bertz CT molecular complexity index is 791. The molecule has 1 aromatic carbocycles. The molecule has 0 aliphatic rings. The van der Waals surface area contributed by atoms with Crippen molar-refractivity contribution in [2.24, 2.45) is 0 Å². The maximum absolute atomic E-state index is 9.81. The van der Waals surface area contributed by atoms with E-state index in [2.05, 4.69) is 15.1 Å². The second-order valence-corrected chi connectivity index (χ2v) is 4.76. The molecule has 0 radical (unpaired) electrons. The zero-order valence-electron chi connectivity index (χ0n) is 11.5. The summed E-state index contributed by atoms with van der Waals surface area (Å²) in [5, 5.41) is 23.2. The highest BCUT2D eigenvalue weighted by Gasteiger charge is 2.15. The third-order valence-corrected chi connectivity index (χ3v) is 2.98. The smallest absolute Gasteiger partial charge is 0.262 e. The molecular formula is C15H13N3O3. The van der Waals surface area contributed by atoms with E-state index in [1.54, 1.807) is 0 Å². The Labute approximate surface area is 120 Å². The summed E-state index contributed by atoms with van der Waals surface area (Å²) in [6.07, 6.45) is 0. The molecule has 2 heterocycles. The molecular weight excluding hydrogens is 270 g/mol. The minimum absolute atomic E-state index is 0.0122. The molecule has 6 heteroatoms. The van der Waals surface area contributed by atoms with Crippen LogP contribution in [0.3, 0.4) is 0 Å². The highest BCUT2D eigenvalue weighted by Crippen LogP contribution is 2.32. The minimum Gasteiger partial charge on any atom is -0.508 e. The molecule has 0 saturated heterocycles. The number of aromatic hydroxyl groups is 2. The summed E-state index contributed by atoms with van der Waals surface area (Å²) in [5.74, 6) is 0.523. The van der Waals surface area contributed by atoms with E-state index in [0.717, 1.165) is 17.0 Å². The van der Waals surface area contributed by atoms with Gasteiger partial charge in [0.1, 0.15) is 11.5 Å². The Hall–Kier alpha value is -2.89. The Morgan fingerprint density at radius 2 is 1.67 bits per heavy atom. The van der Waals surface area contributed by atoms with Gasteiger partial charge in [-0.15, -0.1) is 0 Å². The Balaban J connectivity index is 2.05. The minimum atomic E-state index is -0.0370. The number of rotatable bonds is 2. The van der Waals surface area contributed by atoms with Gasteiger partial charge in [-0.05, 0) is 44.2 Å². The second kappa shape index (κ2) is 4.90. The molecule has 6 nitrogen and oxygen atoms in total. The number of hydrogen-bond acceptors (Lipinski definition) is 6. The third kappa shape index (κ3) is 2.55. The largest absolute Gasteiger partial charge is 0.508 e. The lowest BCUT2D eigenvalue weighted by Crippen LogP contribution is -1.89. The van der Waals surface area contributed by atoms with E-state index >= 15 is 0 Å². The number of phenolic OH excluding ortho intramolecular Hbond substituents is 2. The summed E-state index contributed by atoms with van der Waals surface area (Å²) in [7, 11) is 0. The first-order valence-electron chi connectivity index (χ1n) is 6.34. The lowest BCUT2D eigenvalue weighted by molar-refractivity contribution is 0.423. The predicted molar refractivity (Wildman–Crippen MR) is 75.8 cm³/mol. The fraction of sp³-hybridized carbons (Fsp3) is 0.133. The average molecular weight is 283 g/mol. The van der Waals surface area contributed by atoms with Crippen molar-refractivity contribution in [1.82, 2.24) is 15.1 Å². The highest BCUT2D eigenvalue weighted by molar-refractivity contribution is 5.66. The molecule has 0 fully saturated rings. The maximum Gasteiger partial charge on any atom is 0.262 e. The molecule has 2 N–H and O–H groups in total. The Morgan fingerprint density at radius 1 is 0.952 bits per heavy atom. The SMILES string of the molecule is Cc1cc(-c2noc(-c3cc(O)ccc3O)n2)cc(C)n1. The van der Waals surface area contributed by atoms with Gasteiger partial charge in [-0.1, -0.05) is 5.16 Å². The zero-order valence-corrected chi connectivity index (χ0v) is 11.5. The molecule has 0 atom stereocenters. The van der Waals surface area contributed by atoms with Crippen LogP contribution in [0.5, 0.6) is 11.5 Å². The number of aryl methyl sites for hydroxylation is 2. The molecule has 0 saturated carbocycles. The summed E-state index contributed by atoms with van der Waals surface area (Å²) in [4.78, 5) is 8.55. The topological polar surface area (TPSA) is 92.3 Å². The monoisotopic (exact) mass is 283 g/mol. The van der Waals surface area contributed by atoms with Crippen LogP contribution in [0.1, 0.15) is 11.4 Å². The molecule has 0 bridgehead atoms. The molecule has 0 aliphatic carbocycles. The number of phenols is 2. The highest BCUT2D eigenvalue weighted by atomic mass is 16.5. The van der Waals surface area contributed by atoms with E-state index in [0.29, 0.717) is 5.82 Å². The number of pyridine rings is 1. The number of aromatic nitrogens is 3. The van der Waals surface area contributed by atoms with Gasteiger partial charge in [0.2, 0.25) is 5.82 Å². The van der Waals surface area contributed by atoms with Crippen molar-refractivity contribution in [1.29, 1.82) is 0 Å². The van der Waals surface area contributed by atoms with Crippen molar-refractivity contribution in [2.75, 3.05) is 0 Å². The van der Waals surface area contributed by atoms with E-state index in [9.17, 15) is 10.2 Å². The van der Waals surface area contributed by atoms with Crippen molar-refractivity contribution in [3.8, 4) is 34.3 Å². The number of hydrogen-bond donors (Lipinski definition) is 2. The van der Waals surface area contributed by atoms with Crippen LogP contribution >= 0.6 is 0 Å². The first-order chi connectivity index (χ1) is 10.0. The molecule has 21 heavy (non-hydrogen) atoms.